The Labute approximate surface area is 147 Å². The molecule has 1 amide bonds. The second kappa shape index (κ2) is 6.41. The first-order chi connectivity index (χ1) is 11.9. The summed E-state index contributed by atoms with van der Waals surface area (Å²) < 4.78 is 14.4. The van der Waals surface area contributed by atoms with Crippen LogP contribution < -0.4 is 11.5 Å². The van der Waals surface area contributed by atoms with E-state index in [1.165, 1.54) is 6.07 Å². The van der Waals surface area contributed by atoms with Crippen molar-refractivity contribution in [2.45, 2.75) is 0 Å². The molecule has 3 aromatic carbocycles. The average molecular weight is 358 g/mol. The van der Waals surface area contributed by atoms with E-state index in [1.807, 2.05) is 6.07 Å². The maximum Gasteiger partial charge on any atom is 0.280 e. The first-order valence-electron chi connectivity index (χ1n) is 7.22. The normalized spacial score (nSPS) is 10.6. The van der Waals surface area contributed by atoms with Crippen molar-refractivity contribution < 1.29 is 14.3 Å². The van der Waals surface area contributed by atoms with Crippen molar-refractivity contribution in [2.24, 2.45) is 16.5 Å². The van der Waals surface area contributed by atoms with Crippen molar-refractivity contribution in [3.05, 3.63) is 64.9 Å². The monoisotopic (exact) mass is 357 g/mol. The third-order valence-corrected chi connectivity index (χ3v) is 4.08. The number of halogens is 2. The molecule has 0 radical (unpaired) electrons. The molecule has 7 heteroatoms. The molecule has 0 saturated carbocycles. The number of benzene rings is 3. The molecule has 0 spiro atoms. The Morgan fingerprint density at radius 3 is 2.60 bits per heavy atom. The molecule has 0 atom stereocenters. The summed E-state index contributed by atoms with van der Waals surface area (Å²) in [4.78, 5) is 15.5. The highest BCUT2D eigenvalue weighted by atomic mass is 35.5. The van der Waals surface area contributed by atoms with Crippen LogP contribution in [0.15, 0.2) is 53.5 Å². The zero-order valence-electron chi connectivity index (χ0n) is 12.8. The van der Waals surface area contributed by atoms with Crippen molar-refractivity contribution in [3.8, 4) is 16.9 Å². The summed E-state index contributed by atoms with van der Waals surface area (Å²) in [6.07, 6.45) is 0. The second-order valence-corrected chi connectivity index (χ2v) is 5.72. The number of nitrogens with zero attached hydrogens (tertiary/aromatic N) is 1. The lowest BCUT2D eigenvalue weighted by atomic mass is 9.96. The van der Waals surface area contributed by atoms with Gasteiger partial charge in [0.2, 0.25) is 0 Å². The molecule has 126 valence electrons. The summed E-state index contributed by atoms with van der Waals surface area (Å²) in [6.45, 7) is 0. The SMILES string of the molecule is NC(N)=NC(=O)c1ccc2cccc(-c3c(F)ccc(O)c3Cl)c2c1. The van der Waals surface area contributed by atoms with Crippen LogP contribution in [0.25, 0.3) is 21.9 Å². The van der Waals surface area contributed by atoms with Gasteiger partial charge in [0.25, 0.3) is 5.91 Å². The van der Waals surface area contributed by atoms with E-state index in [9.17, 15) is 14.3 Å². The number of hydrogen-bond acceptors (Lipinski definition) is 2. The third kappa shape index (κ3) is 3.12. The highest BCUT2D eigenvalue weighted by molar-refractivity contribution is 6.35. The summed E-state index contributed by atoms with van der Waals surface area (Å²) in [6, 6.07) is 12.3. The largest absolute Gasteiger partial charge is 0.506 e. The average Bonchev–Trinajstić information content (AvgIpc) is 2.57. The van der Waals surface area contributed by atoms with Crippen molar-refractivity contribution in [1.29, 1.82) is 0 Å². The molecule has 5 nitrogen and oxygen atoms in total. The fraction of sp³-hybridized carbons (Fsp3) is 0. The summed E-state index contributed by atoms with van der Waals surface area (Å²) in [5.74, 6) is -1.78. The number of guanidine groups is 1. The number of amides is 1. The highest BCUT2D eigenvalue weighted by Crippen LogP contribution is 2.40. The predicted octanol–water partition coefficient (Wildman–Crippen LogP) is 3.42. The van der Waals surface area contributed by atoms with Gasteiger partial charge in [-0.3, -0.25) is 4.79 Å². The number of aliphatic imine (C=N–C) groups is 1. The van der Waals surface area contributed by atoms with Crippen LogP contribution in [-0.2, 0) is 0 Å². The van der Waals surface area contributed by atoms with Crippen molar-refractivity contribution in [1.82, 2.24) is 0 Å². The van der Waals surface area contributed by atoms with Crippen LogP contribution in [0.3, 0.4) is 0 Å². The Hall–Kier alpha value is -3.12. The van der Waals surface area contributed by atoms with E-state index in [1.54, 1.807) is 30.3 Å². The number of carbonyl (C=O) groups is 1. The number of phenols is 1. The van der Waals surface area contributed by atoms with Gasteiger partial charge in [-0.05, 0) is 40.6 Å². The number of phenolic OH excluding ortho intramolecular Hbond substituents is 1. The molecule has 0 saturated heterocycles. The first kappa shape index (κ1) is 16.7. The second-order valence-electron chi connectivity index (χ2n) is 5.34. The molecule has 0 aliphatic rings. The number of aromatic hydroxyl groups is 1. The maximum absolute atomic E-state index is 14.4. The summed E-state index contributed by atoms with van der Waals surface area (Å²) in [5.41, 5.74) is 11.2. The van der Waals surface area contributed by atoms with E-state index >= 15 is 0 Å². The highest BCUT2D eigenvalue weighted by Gasteiger charge is 2.17. The van der Waals surface area contributed by atoms with Gasteiger partial charge in [0.15, 0.2) is 5.96 Å². The molecule has 0 heterocycles. The lowest BCUT2D eigenvalue weighted by molar-refractivity contribution is 0.100. The molecular weight excluding hydrogens is 345 g/mol. The third-order valence-electron chi connectivity index (χ3n) is 3.70. The van der Waals surface area contributed by atoms with Gasteiger partial charge in [0.1, 0.15) is 11.6 Å². The standard InChI is InChI=1S/C18H13ClFN3O2/c19-16-14(24)7-6-13(20)15(16)11-3-1-2-9-4-5-10(8-12(9)11)17(25)23-18(21)22/h1-8,24H,(H4,21,22,23,25). The zero-order valence-corrected chi connectivity index (χ0v) is 13.6. The van der Waals surface area contributed by atoms with Gasteiger partial charge in [-0.2, -0.15) is 4.99 Å². The zero-order chi connectivity index (χ0) is 18.1. The Kier molecular flexibility index (Phi) is 4.29. The number of fused-ring (bicyclic) bond motifs is 1. The molecule has 0 aliphatic heterocycles. The summed E-state index contributed by atoms with van der Waals surface area (Å²) in [7, 11) is 0. The topological polar surface area (TPSA) is 102 Å². The molecule has 3 rings (SSSR count). The fourth-order valence-corrected chi connectivity index (χ4v) is 2.85. The molecule has 25 heavy (non-hydrogen) atoms. The molecule has 0 fully saturated rings. The molecule has 0 aromatic heterocycles. The van der Waals surface area contributed by atoms with Crippen LogP contribution in [0.4, 0.5) is 4.39 Å². The van der Waals surface area contributed by atoms with E-state index in [0.717, 1.165) is 11.5 Å². The molecule has 0 aliphatic carbocycles. The van der Waals surface area contributed by atoms with Crippen molar-refractivity contribution in [2.75, 3.05) is 0 Å². The molecular formula is C18H13ClFN3O2. The summed E-state index contributed by atoms with van der Waals surface area (Å²) >= 11 is 6.09. The number of nitrogens with two attached hydrogens (primary N) is 2. The van der Waals surface area contributed by atoms with Crippen LogP contribution >= 0.6 is 11.6 Å². The molecule has 3 aromatic rings. The quantitative estimate of drug-likeness (QED) is 0.483. The van der Waals surface area contributed by atoms with Crippen LogP contribution in [0.1, 0.15) is 10.4 Å². The maximum atomic E-state index is 14.4. The minimum absolute atomic E-state index is 0.0544. The van der Waals surface area contributed by atoms with Gasteiger partial charge in [-0.1, -0.05) is 35.9 Å². The Morgan fingerprint density at radius 2 is 1.88 bits per heavy atom. The lowest BCUT2D eigenvalue weighted by Gasteiger charge is -2.11. The Bertz CT molecular complexity index is 1030. The smallest absolute Gasteiger partial charge is 0.280 e. The van der Waals surface area contributed by atoms with Crippen LogP contribution in [0.5, 0.6) is 5.75 Å². The number of hydrogen-bond donors (Lipinski definition) is 3. The van der Waals surface area contributed by atoms with Crippen LogP contribution in [-0.4, -0.2) is 17.0 Å². The number of carbonyl (C=O) groups excluding carboxylic acids is 1. The van der Waals surface area contributed by atoms with E-state index < -0.39 is 11.7 Å². The molecule has 0 unspecified atom stereocenters. The Morgan fingerprint density at radius 1 is 1.12 bits per heavy atom. The first-order valence-corrected chi connectivity index (χ1v) is 7.60. The van der Waals surface area contributed by atoms with E-state index in [0.29, 0.717) is 10.9 Å². The van der Waals surface area contributed by atoms with Gasteiger partial charge in [-0.15, -0.1) is 0 Å². The van der Waals surface area contributed by atoms with Crippen molar-refractivity contribution >= 4 is 34.2 Å². The van der Waals surface area contributed by atoms with Gasteiger partial charge in [-0.25, -0.2) is 4.39 Å². The molecule has 5 N–H and O–H groups in total. The van der Waals surface area contributed by atoms with E-state index in [4.69, 9.17) is 23.1 Å². The van der Waals surface area contributed by atoms with Gasteiger partial charge in [0.05, 0.1) is 5.02 Å². The van der Waals surface area contributed by atoms with Crippen molar-refractivity contribution in [3.63, 3.8) is 0 Å². The lowest BCUT2D eigenvalue weighted by Crippen LogP contribution is -2.24. The Balaban J connectivity index is 2.29. The molecule has 0 bridgehead atoms. The van der Waals surface area contributed by atoms with Crippen LogP contribution in [0, 0.1) is 5.82 Å². The minimum Gasteiger partial charge on any atom is -0.506 e. The summed E-state index contributed by atoms with van der Waals surface area (Å²) in [5, 5.41) is 11.0. The van der Waals surface area contributed by atoms with Gasteiger partial charge in [0, 0.05) is 11.1 Å². The van der Waals surface area contributed by atoms with E-state index in [2.05, 4.69) is 4.99 Å². The van der Waals surface area contributed by atoms with Crippen LogP contribution in [0.2, 0.25) is 5.02 Å². The van der Waals surface area contributed by atoms with Gasteiger partial charge >= 0.3 is 0 Å². The van der Waals surface area contributed by atoms with Gasteiger partial charge < -0.3 is 16.6 Å². The fourth-order valence-electron chi connectivity index (χ4n) is 2.59. The predicted molar refractivity (Wildman–Crippen MR) is 96.2 cm³/mol. The number of rotatable bonds is 2. The van der Waals surface area contributed by atoms with E-state index in [-0.39, 0.29) is 27.9 Å². The minimum atomic E-state index is -0.612.